The Labute approximate surface area is 276 Å². The van der Waals surface area contributed by atoms with Gasteiger partial charge in [0.1, 0.15) is 0 Å². The van der Waals surface area contributed by atoms with Crippen LogP contribution in [0.15, 0.2) is 78.0 Å². The average Bonchev–Trinajstić information content (AvgIpc) is 3.69. The Hall–Kier alpha value is -4.20. The largest absolute Gasteiger partial charge is 0.469 e. The summed E-state index contributed by atoms with van der Waals surface area (Å²) in [7, 11) is 1.53. The number of piperidine rings is 1. The summed E-state index contributed by atoms with van der Waals surface area (Å²) >= 11 is 0. The fourth-order valence-corrected chi connectivity index (χ4v) is 9.13. The molecular weight excluding hydrogens is 584 g/mol. The van der Waals surface area contributed by atoms with E-state index < -0.39 is 0 Å². The molecule has 2 aromatic carbocycles. The number of pyridine rings is 1. The lowest BCUT2D eigenvalue weighted by molar-refractivity contribution is -0.147. The van der Waals surface area contributed by atoms with Crippen molar-refractivity contribution in [3.05, 3.63) is 101 Å². The molecule has 7 nitrogen and oxygen atoms in total. The van der Waals surface area contributed by atoms with Crippen molar-refractivity contribution in [2.24, 2.45) is 17.8 Å². The highest BCUT2D eigenvalue weighted by Gasteiger charge is 2.43. The molecule has 8 rings (SSSR count). The third-order valence-corrected chi connectivity index (χ3v) is 11.5. The van der Waals surface area contributed by atoms with Gasteiger partial charge in [-0.3, -0.25) is 9.69 Å². The van der Waals surface area contributed by atoms with Crippen LogP contribution in [0.1, 0.15) is 55.2 Å². The maximum absolute atomic E-state index is 13.9. The van der Waals surface area contributed by atoms with E-state index in [1.165, 1.54) is 46.1 Å². The zero-order valence-electron chi connectivity index (χ0n) is 27.6. The quantitative estimate of drug-likeness (QED) is 0.156. The number of aromatic nitrogens is 3. The number of ether oxygens (including phenoxy) is 1. The number of rotatable bonds is 6. The number of esters is 1. The summed E-state index contributed by atoms with van der Waals surface area (Å²) in [4.78, 5) is 25.5. The molecule has 1 aromatic heterocycles. The predicted octanol–water partition coefficient (Wildman–Crippen LogP) is 7.02. The van der Waals surface area contributed by atoms with Gasteiger partial charge in [-0.05, 0) is 81.0 Å². The van der Waals surface area contributed by atoms with Crippen molar-refractivity contribution in [1.82, 2.24) is 19.4 Å². The van der Waals surface area contributed by atoms with E-state index in [0.29, 0.717) is 12.3 Å². The topological polar surface area (TPSA) is 83.4 Å². The average molecular weight is 629 g/mol. The summed E-state index contributed by atoms with van der Waals surface area (Å²) < 4.78 is 7.97. The van der Waals surface area contributed by atoms with Crippen molar-refractivity contribution in [2.75, 3.05) is 26.8 Å². The number of nitrogens with zero attached hydrogens (tertiary/aromatic N) is 3. The Bertz CT molecular complexity index is 2010. The van der Waals surface area contributed by atoms with Gasteiger partial charge in [0, 0.05) is 65.7 Å². The van der Waals surface area contributed by atoms with Crippen molar-refractivity contribution in [2.45, 2.75) is 58.5 Å². The van der Waals surface area contributed by atoms with Crippen molar-refractivity contribution < 1.29 is 14.6 Å². The lowest BCUT2D eigenvalue weighted by Crippen LogP contribution is -2.45. The Balaban J connectivity index is 1.23. The molecule has 0 saturated carbocycles. The number of methoxy groups -OCH3 is 1. The number of benzene rings is 2. The van der Waals surface area contributed by atoms with E-state index in [1.54, 1.807) is 0 Å². The number of nitrogens with one attached hydrogen (secondary N) is 1. The van der Waals surface area contributed by atoms with Gasteiger partial charge in [0.25, 0.3) is 0 Å². The van der Waals surface area contributed by atoms with Crippen LogP contribution in [0.5, 0.6) is 0 Å². The minimum atomic E-state index is -0.328. The second kappa shape index (κ2) is 12.1. The number of hydrogen-bond donors (Lipinski definition) is 2. The molecule has 47 heavy (non-hydrogen) atoms. The number of carbonyl (C=O) groups excluding carboxylic acids is 1. The molecule has 0 aliphatic carbocycles. The zero-order valence-corrected chi connectivity index (χ0v) is 27.6. The SMILES string of the molecule is C/C=C1/Cn2cc(C[C@H](C(=O)OC)[C@H]3C[C@H]4c5[nH]c6ccccc6c5CCN4C/C3=C/C)c3c4ccccc4nc-3c2C[C@@H]1CCO. The molecule has 6 heterocycles. The van der Waals surface area contributed by atoms with Gasteiger partial charge in [-0.15, -0.1) is 0 Å². The van der Waals surface area contributed by atoms with Crippen LogP contribution in [0.25, 0.3) is 33.1 Å². The summed E-state index contributed by atoms with van der Waals surface area (Å²) in [6.07, 6.45) is 10.8. The van der Waals surface area contributed by atoms with Crippen LogP contribution >= 0.6 is 0 Å². The van der Waals surface area contributed by atoms with Crippen LogP contribution < -0.4 is 0 Å². The summed E-state index contributed by atoms with van der Waals surface area (Å²) in [5.74, 6) is -0.122. The second-order valence-corrected chi connectivity index (χ2v) is 13.7. The molecular formula is C40H44N4O3. The number of H-pyrrole nitrogens is 1. The second-order valence-electron chi connectivity index (χ2n) is 13.7. The van der Waals surface area contributed by atoms with Crippen LogP contribution in [0.4, 0.5) is 0 Å². The molecule has 0 unspecified atom stereocenters. The fraction of sp³-hybridized carbons (Fsp3) is 0.400. The number of aromatic amines is 1. The standard InChI is InChI=1S/C40H44N4O3/c1-4-24-21-44-23-27(37-30-11-7-9-13-34(30)42-39(37)35(44)19-26(24)15-17-45)18-32(40(46)47-3)31-20-36-38-29(14-16-43(36)22-25(31)5-2)28-10-6-8-12-33(28)41-38/h4-13,23,26,31-32,36,41,45H,14-22H2,1-3H3/b24-4-,25-5-/t26-,31-,32-,36-/m0/s1. The van der Waals surface area contributed by atoms with Gasteiger partial charge >= 0.3 is 5.97 Å². The first-order valence-electron chi connectivity index (χ1n) is 17.2. The van der Waals surface area contributed by atoms with Gasteiger partial charge in [-0.1, -0.05) is 59.7 Å². The van der Waals surface area contributed by atoms with E-state index in [2.05, 4.69) is 89.1 Å². The molecule has 5 aliphatic rings. The van der Waals surface area contributed by atoms with Crippen molar-refractivity contribution in [1.29, 1.82) is 0 Å². The number of para-hydroxylation sites is 2. The molecule has 0 amide bonds. The third kappa shape index (κ3) is 4.94. The number of hydrogen-bond acceptors (Lipinski definition) is 5. The molecule has 242 valence electrons. The molecule has 4 atom stereocenters. The molecule has 0 spiro atoms. The predicted molar refractivity (Wildman–Crippen MR) is 186 cm³/mol. The molecule has 2 N–H and O–H groups in total. The summed E-state index contributed by atoms with van der Waals surface area (Å²) in [5.41, 5.74) is 12.2. The first-order valence-corrected chi connectivity index (χ1v) is 17.2. The van der Waals surface area contributed by atoms with Gasteiger partial charge < -0.3 is 19.4 Å². The van der Waals surface area contributed by atoms with Crippen molar-refractivity contribution in [3.8, 4) is 11.3 Å². The van der Waals surface area contributed by atoms with Gasteiger partial charge in [0.2, 0.25) is 0 Å². The Morgan fingerprint density at radius 1 is 1.09 bits per heavy atom. The summed E-state index contributed by atoms with van der Waals surface area (Å²) in [5, 5.41) is 12.3. The van der Waals surface area contributed by atoms with E-state index in [9.17, 15) is 9.90 Å². The minimum absolute atomic E-state index is 0.0522. The fourth-order valence-electron chi connectivity index (χ4n) is 9.13. The molecule has 7 heteroatoms. The van der Waals surface area contributed by atoms with Crippen LogP contribution in [0, 0.1) is 17.8 Å². The molecule has 0 radical (unpaired) electrons. The first kappa shape index (κ1) is 30.2. The van der Waals surface area contributed by atoms with E-state index in [4.69, 9.17) is 9.72 Å². The normalized spacial score (nSPS) is 23.7. The van der Waals surface area contributed by atoms with Crippen LogP contribution in [-0.2, 0) is 35.3 Å². The van der Waals surface area contributed by atoms with Crippen LogP contribution in [0.3, 0.4) is 0 Å². The van der Waals surface area contributed by atoms with Gasteiger partial charge in [-0.2, -0.15) is 0 Å². The highest BCUT2D eigenvalue weighted by molar-refractivity contribution is 5.99. The highest BCUT2D eigenvalue weighted by Crippen LogP contribution is 2.47. The lowest BCUT2D eigenvalue weighted by Gasteiger charge is -2.45. The monoisotopic (exact) mass is 628 g/mol. The van der Waals surface area contributed by atoms with Gasteiger partial charge in [0.15, 0.2) is 0 Å². The maximum atomic E-state index is 13.9. The molecule has 1 fully saturated rings. The van der Waals surface area contributed by atoms with Crippen molar-refractivity contribution >= 4 is 27.8 Å². The summed E-state index contributed by atoms with van der Waals surface area (Å²) in [6, 6.07) is 17.3. The van der Waals surface area contributed by atoms with Crippen LogP contribution in [-0.4, -0.2) is 57.3 Å². The lowest BCUT2D eigenvalue weighted by atomic mass is 9.73. The minimum Gasteiger partial charge on any atom is -0.469 e. The van der Waals surface area contributed by atoms with Gasteiger partial charge in [0.05, 0.1) is 30.3 Å². The number of carbonyl (C=O) groups is 1. The van der Waals surface area contributed by atoms with E-state index in [0.717, 1.165) is 73.0 Å². The highest BCUT2D eigenvalue weighted by atomic mass is 16.5. The number of aliphatic hydroxyl groups excluding tert-OH is 1. The van der Waals surface area contributed by atoms with Crippen molar-refractivity contribution in [3.63, 3.8) is 0 Å². The third-order valence-electron chi connectivity index (χ3n) is 11.5. The molecule has 0 bridgehead atoms. The molecule has 3 aromatic rings. The van der Waals surface area contributed by atoms with E-state index in [-0.39, 0.29) is 30.5 Å². The number of allylic oxidation sites excluding steroid dienone is 3. The molecule has 5 aliphatic heterocycles. The van der Waals surface area contributed by atoms with Gasteiger partial charge in [-0.25, -0.2) is 4.98 Å². The van der Waals surface area contributed by atoms with E-state index in [1.807, 2.05) is 6.07 Å². The van der Waals surface area contributed by atoms with Crippen LogP contribution in [0.2, 0.25) is 0 Å². The van der Waals surface area contributed by atoms with E-state index >= 15 is 0 Å². The number of fused-ring (bicyclic) bond motifs is 10. The molecule has 1 saturated heterocycles. The first-order chi connectivity index (χ1) is 23.0. The smallest absolute Gasteiger partial charge is 0.309 e. The maximum Gasteiger partial charge on any atom is 0.309 e. The zero-order chi connectivity index (χ0) is 32.2. The Morgan fingerprint density at radius 2 is 1.87 bits per heavy atom. The number of aliphatic hydroxyl groups is 1. The Kier molecular flexibility index (Phi) is 7.77. The summed E-state index contributed by atoms with van der Waals surface area (Å²) in [6.45, 7) is 7.05. The Morgan fingerprint density at radius 3 is 2.66 bits per heavy atom.